The summed E-state index contributed by atoms with van der Waals surface area (Å²) in [5.74, 6) is 0.884. The van der Waals surface area contributed by atoms with Gasteiger partial charge in [-0.25, -0.2) is 0 Å². The maximum Gasteiger partial charge on any atom is -0.0238 e. The number of benzene rings is 12. The Labute approximate surface area is 836 Å². The minimum atomic E-state index is 0. The first-order valence-electron chi connectivity index (χ1n) is 50.4. The van der Waals surface area contributed by atoms with Gasteiger partial charge in [0.25, 0.3) is 0 Å². The van der Waals surface area contributed by atoms with Gasteiger partial charge in [0.1, 0.15) is 0 Å². The molecule has 0 spiro atoms. The van der Waals surface area contributed by atoms with Crippen molar-refractivity contribution in [3.05, 3.63) is 431 Å². The summed E-state index contributed by atoms with van der Waals surface area (Å²) >= 11 is 0. The van der Waals surface area contributed by atoms with Crippen molar-refractivity contribution in [2.45, 2.75) is 405 Å². The molecule has 0 N–H and O–H groups in total. The largest absolute Gasteiger partial charge is 0.0776 e. The second kappa shape index (κ2) is 168. The predicted octanol–water partition coefficient (Wildman–Crippen LogP) is 45.8. The molecule has 0 aliphatic heterocycles. The lowest BCUT2D eigenvalue weighted by molar-refractivity contribution is 0.626. The first kappa shape index (κ1) is 172. The van der Waals surface area contributed by atoms with Gasteiger partial charge in [-0.2, -0.15) is 0 Å². The molecular formula is C132H232. The molecule has 0 saturated heterocycles. The molecule has 0 saturated carbocycles. The highest BCUT2D eigenvalue weighted by molar-refractivity contribution is 5.26. The van der Waals surface area contributed by atoms with Crippen LogP contribution in [0.2, 0.25) is 0 Å². The third-order valence-electron chi connectivity index (χ3n) is 15.1. The summed E-state index contributed by atoms with van der Waals surface area (Å²) in [6.07, 6.45) is 14.9. The van der Waals surface area contributed by atoms with Crippen LogP contribution in [0.4, 0.5) is 0 Å². The molecule has 12 rings (SSSR count). The van der Waals surface area contributed by atoms with Gasteiger partial charge in [-0.15, -0.1) is 0 Å². The molecular weight excluding hydrogens is 1590 g/mol. The van der Waals surface area contributed by atoms with E-state index in [0.717, 1.165) is 83.0 Å². The van der Waals surface area contributed by atoms with E-state index in [1.54, 1.807) is 0 Å². The number of aryl methyl sites for hydroxylation is 12. The summed E-state index contributed by atoms with van der Waals surface area (Å²) < 4.78 is 0. The summed E-state index contributed by atoms with van der Waals surface area (Å²) in [7, 11) is 0. The van der Waals surface area contributed by atoms with E-state index in [9.17, 15) is 0 Å². The second-order valence-electron chi connectivity index (χ2n) is 22.6. The Hall–Kier alpha value is -9.36. The van der Waals surface area contributed by atoms with Crippen LogP contribution < -0.4 is 0 Å². The van der Waals surface area contributed by atoms with Crippen LogP contribution >= 0.6 is 0 Å². The van der Waals surface area contributed by atoms with Crippen LogP contribution in [0.3, 0.4) is 0 Å². The molecule has 12 aromatic carbocycles. The molecule has 0 nitrogen and oxygen atoms in total. The molecule has 0 atom stereocenters. The highest BCUT2D eigenvalue weighted by Gasteiger charge is 1.99. The third kappa shape index (κ3) is 123. The van der Waals surface area contributed by atoms with Gasteiger partial charge < -0.3 is 0 Å². The molecule has 0 aliphatic rings. The molecule has 760 valence electrons. The van der Waals surface area contributed by atoms with Crippen molar-refractivity contribution >= 4 is 0 Å². The van der Waals surface area contributed by atoms with Crippen molar-refractivity contribution in [2.75, 3.05) is 0 Å². The normalized spacial score (nSPS) is 7.55. The molecule has 132 heavy (non-hydrogen) atoms. The van der Waals surface area contributed by atoms with Crippen molar-refractivity contribution < 1.29 is 0 Å². The smallest absolute Gasteiger partial charge is 0.0238 e. The first-order chi connectivity index (χ1) is 62.0. The van der Waals surface area contributed by atoms with E-state index in [1.165, 1.54) is 73.2 Å². The Morgan fingerprint density at radius 1 is 0.114 bits per heavy atom. The minimum Gasteiger partial charge on any atom is -0.0776 e. The van der Waals surface area contributed by atoms with E-state index in [1.807, 2.05) is 249 Å². The molecule has 0 fully saturated rings. The van der Waals surface area contributed by atoms with E-state index in [2.05, 4.69) is 385 Å². The van der Waals surface area contributed by atoms with Crippen LogP contribution in [0.25, 0.3) is 0 Å². The molecule has 0 heterocycles. The summed E-state index contributed by atoms with van der Waals surface area (Å²) in [5, 5.41) is 0. The van der Waals surface area contributed by atoms with Crippen molar-refractivity contribution in [1.29, 1.82) is 0 Å². The molecule has 12 aromatic rings. The maximum atomic E-state index is 2.22. The van der Waals surface area contributed by atoms with Crippen molar-refractivity contribution in [1.82, 2.24) is 0 Å². The zero-order valence-corrected chi connectivity index (χ0v) is 89.4. The van der Waals surface area contributed by atoms with Crippen LogP contribution in [0, 0.1) is 5.92 Å². The van der Waals surface area contributed by atoms with Gasteiger partial charge in [0.05, 0.1) is 0 Å². The molecule has 0 heteroatoms. The average Bonchev–Trinajstić information content (AvgIpc) is 0.954. The summed E-state index contributed by atoms with van der Waals surface area (Å²) in [6, 6.07) is 127. The Morgan fingerprint density at radius 2 is 0.159 bits per heavy atom. The SMILES string of the molecule is C.C.C.C.C.C.C.CC.CC.CC.CC.CC.CC.CC.CC.CC.CC.CC.CC.CC.CC.CC.CC.CC.CC.CCC(C)C.c1ccc(CCc2ccccc2)cc1.c1ccc(CCc2ccccc2)cc1.c1ccc(CCc2ccccc2)cc1.c1ccc(CCc2ccccc2)cc1.c1ccc(CCc2ccccc2)cc1.c1ccc(CCc2ccccc2)cc1. The van der Waals surface area contributed by atoms with Crippen molar-refractivity contribution in [3.8, 4) is 0 Å². The average molecular weight is 1820 g/mol. The Bertz CT molecular complexity index is 2620. The number of rotatable bonds is 19. The summed E-state index contributed by atoms with van der Waals surface area (Å²) in [5.41, 5.74) is 17.0. The molecule has 0 radical (unpaired) electrons. The monoisotopic (exact) mass is 1820 g/mol. The molecule has 0 amide bonds. The fraction of sp³-hybridized carbons (Fsp3) is 0.455. The van der Waals surface area contributed by atoms with E-state index < -0.39 is 0 Å². The molecule has 0 unspecified atom stereocenters. The summed E-state index contributed by atoms with van der Waals surface area (Å²) in [4.78, 5) is 0. The molecule has 0 aromatic heterocycles. The third-order valence-corrected chi connectivity index (χ3v) is 15.1. The Kier molecular flexibility index (Phi) is 219. The minimum absolute atomic E-state index is 0. The highest BCUT2D eigenvalue weighted by Crippen LogP contribution is 2.13. The molecule has 0 aliphatic carbocycles. The van der Waals surface area contributed by atoms with Crippen LogP contribution in [0.5, 0.6) is 0 Å². The first-order valence-corrected chi connectivity index (χ1v) is 50.4. The Balaban J connectivity index is -0.0000000580. The van der Waals surface area contributed by atoms with Gasteiger partial charge in [-0.1, -0.05) is 692 Å². The molecule has 0 bridgehead atoms. The van der Waals surface area contributed by atoms with Crippen molar-refractivity contribution in [3.63, 3.8) is 0 Å². The van der Waals surface area contributed by atoms with Crippen LogP contribution in [-0.4, -0.2) is 0 Å². The predicted molar refractivity (Wildman–Crippen MR) is 638 cm³/mol. The number of hydrogen-bond acceptors (Lipinski definition) is 0. The van der Waals surface area contributed by atoms with Gasteiger partial charge in [-0.3, -0.25) is 0 Å². The van der Waals surface area contributed by atoms with E-state index in [4.69, 9.17) is 0 Å². The highest BCUT2D eigenvalue weighted by atomic mass is 14.0. The van der Waals surface area contributed by atoms with Gasteiger partial charge in [0.15, 0.2) is 0 Å². The van der Waals surface area contributed by atoms with Gasteiger partial charge in [0, 0.05) is 0 Å². The zero-order valence-electron chi connectivity index (χ0n) is 89.4. The Morgan fingerprint density at radius 3 is 0.197 bits per heavy atom. The fourth-order valence-corrected chi connectivity index (χ4v) is 9.47. The second-order valence-corrected chi connectivity index (χ2v) is 22.6. The quantitative estimate of drug-likeness (QED) is 0.0757. The van der Waals surface area contributed by atoms with E-state index in [-0.39, 0.29) is 52.0 Å². The van der Waals surface area contributed by atoms with E-state index in [0.29, 0.717) is 0 Å². The number of hydrogen-bond donors (Lipinski definition) is 0. The maximum absolute atomic E-state index is 2.22. The lowest BCUT2D eigenvalue weighted by Crippen LogP contribution is -1.89. The fourth-order valence-electron chi connectivity index (χ4n) is 9.47. The van der Waals surface area contributed by atoms with Crippen LogP contribution in [0.15, 0.2) is 364 Å². The van der Waals surface area contributed by atoms with Crippen LogP contribution in [0.1, 0.15) is 395 Å². The summed E-state index contributed by atoms with van der Waals surface area (Å²) in [6.45, 7) is 78.6. The van der Waals surface area contributed by atoms with Gasteiger partial charge in [-0.05, 0) is 150 Å². The lowest BCUT2D eigenvalue weighted by Gasteiger charge is -2.01. The lowest BCUT2D eigenvalue weighted by atomic mass is 10.0. The van der Waals surface area contributed by atoms with Crippen molar-refractivity contribution in [2.24, 2.45) is 5.92 Å². The zero-order chi connectivity index (χ0) is 98.1. The van der Waals surface area contributed by atoms with Crippen LogP contribution in [-0.2, 0) is 77.0 Å². The van der Waals surface area contributed by atoms with E-state index >= 15 is 0 Å². The van der Waals surface area contributed by atoms with Gasteiger partial charge in [0.2, 0.25) is 0 Å². The van der Waals surface area contributed by atoms with Gasteiger partial charge >= 0.3 is 0 Å². The standard InChI is InChI=1S/6C14H14.C5H12.18C2H6.7CH4/c6*1-3-7-13(8-4-1)11-12-14-9-5-2-6-10-14;1-4-5(2)3;18*1-2;;;;;;;/h6*1-10H,11-12H2;5H,4H2,1-3H3;18*1-2H3;7*1H4. The topological polar surface area (TPSA) is 0 Å².